The molecule has 2 aliphatic rings. The van der Waals surface area contributed by atoms with Crippen molar-refractivity contribution in [1.29, 1.82) is 0 Å². The van der Waals surface area contributed by atoms with Gasteiger partial charge in [0.1, 0.15) is 5.69 Å². The van der Waals surface area contributed by atoms with Gasteiger partial charge in [0, 0.05) is 49.3 Å². The van der Waals surface area contributed by atoms with E-state index < -0.39 is 11.6 Å². The van der Waals surface area contributed by atoms with Gasteiger partial charge in [-0.05, 0) is 55.3 Å². The number of likely N-dealkylation sites (N-methyl/N-ethyl adjacent to an activating group) is 1. The van der Waals surface area contributed by atoms with Crippen LogP contribution in [-0.4, -0.2) is 54.0 Å². The smallest absolute Gasteiger partial charge is 0.247 e. The van der Waals surface area contributed by atoms with Gasteiger partial charge in [0.05, 0.1) is 5.69 Å². The summed E-state index contributed by atoms with van der Waals surface area (Å²) in [5.74, 6) is -1.74. The first-order valence-corrected chi connectivity index (χ1v) is 12.0. The molecule has 1 amide bonds. The molecule has 0 bridgehead atoms. The third-order valence-corrected chi connectivity index (χ3v) is 6.40. The summed E-state index contributed by atoms with van der Waals surface area (Å²) < 4.78 is 30.0. The lowest BCUT2D eigenvalue weighted by Gasteiger charge is -2.34. The normalized spacial score (nSPS) is 15.9. The molecule has 37 heavy (non-hydrogen) atoms. The Balaban J connectivity index is 1.58. The molecule has 1 saturated heterocycles. The number of benzene rings is 1. The SMILES string of the molecule is C=CC(=O)NC1=CCCC(C(=C)c2nc(Nc3c(F)cc(N4CCN(C)CC4)cc3F)ncc2C=C)=C1. The molecule has 0 atom stereocenters. The Bertz CT molecular complexity index is 1280. The zero-order valence-electron chi connectivity index (χ0n) is 20.9. The number of rotatable bonds is 8. The second-order valence-corrected chi connectivity index (χ2v) is 8.94. The fourth-order valence-electron chi connectivity index (χ4n) is 4.25. The van der Waals surface area contributed by atoms with Crippen LogP contribution in [-0.2, 0) is 4.79 Å². The summed E-state index contributed by atoms with van der Waals surface area (Å²) in [5.41, 5.74) is 3.38. The largest absolute Gasteiger partial charge is 0.369 e. The summed E-state index contributed by atoms with van der Waals surface area (Å²) in [4.78, 5) is 24.6. The van der Waals surface area contributed by atoms with Crippen molar-refractivity contribution in [3.63, 3.8) is 0 Å². The summed E-state index contributed by atoms with van der Waals surface area (Å²) in [6.45, 7) is 14.5. The molecule has 2 N–H and O–H groups in total. The first kappa shape index (κ1) is 26.0. The van der Waals surface area contributed by atoms with Crippen LogP contribution in [0, 0.1) is 11.6 Å². The summed E-state index contributed by atoms with van der Waals surface area (Å²) in [5, 5.41) is 5.45. The van der Waals surface area contributed by atoms with E-state index in [-0.39, 0.29) is 17.5 Å². The average molecular weight is 505 g/mol. The number of hydrogen-bond donors (Lipinski definition) is 2. The number of carbonyl (C=O) groups excluding carboxylic acids is 1. The van der Waals surface area contributed by atoms with Crippen LogP contribution in [0.15, 0.2) is 67.6 Å². The number of amides is 1. The highest BCUT2D eigenvalue weighted by Gasteiger charge is 2.20. The molecule has 1 fully saturated rings. The van der Waals surface area contributed by atoms with Crippen molar-refractivity contribution in [2.45, 2.75) is 12.8 Å². The average Bonchev–Trinajstić information content (AvgIpc) is 2.90. The van der Waals surface area contributed by atoms with Crippen LogP contribution in [0.4, 0.5) is 26.1 Å². The minimum atomic E-state index is -0.728. The Hall–Kier alpha value is -4.11. The van der Waals surface area contributed by atoms with Gasteiger partial charge in [-0.25, -0.2) is 18.7 Å². The topological polar surface area (TPSA) is 73.4 Å². The number of aromatic nitrogens is 2. The first-order valence-electron chi connectivity index (χ1n) is 12.0. The van der Waals surface area contributed by atoms with Gasteiger partial charge >= 0.3 is 0 Å². The summed E-state index contributed by atoms with van der Waals surface area (Å²) >= 11 is 0. The third kappa shape index (κ3) is 6.00. The number of nitrogens with zero attached hydrogens (tertiary/aromatic N) is 4. The molecule has 1 aromatic carbocycles. The van der Waals surface area contributed by atoms with Crippen LogP contribution in [0.3, 0.4) is 0 Å². The molecule has 2 heterocycles. The predicted octanol–water partition coefficient (Wildman–Crippen LogP) is 4.81. The standard InChI is InChI=1S/C28H30F2N6O/c1-5-19-17-31-28(33-26(19)18(3)20-8-7-9-21(14-20)32-25(37)6-2)34-27-23(29)15-22(16-24(27)30)36-12-10-35(4)11-13-36/h5-6,9,14-17H,1-3,7-8,10-13H2,4H3,(H,32,37)(H,31,33,34). The number of allylic oxidation sites excluding steroid dienone is 4. The predicted molar refractivity (Wildman–Crippen MR) is 144 cm³/mol. The van der Waals surface area contributed by atoms with Crippen LogP contribution in [0.25, 0.3) is 11.6 Å². The number of hydrogen-bond acceptors (Lipinski definition) is 6. The summed E-state index contributed by atoms with van der Waals surface area (Å²) in [6.07, 6.45) is 9.45. The molecule has 0 unspecified atom stereocenters. The Morgan fingerprint density at radius 2 is 1.84 bits per heavy atom. The lowest BCUT2D eigenvalue weighted by Crippen LogP contribution is -2.44. The van der Waals surface area contributed by atoms with Gasteiger partial charge in [-0.15, -0.1) is 0 Å². The number of carbonyl (C=O) groups is 1. The summed E-state index contributed by atoms with van der Waals surface area (Å²) in [7, 11) is 2.02. The van der Waals surface area contributed by atoms with E-state index in [0.717, 1.165) is 18.7 Å². The van der Waals surface area contributed by atoms with E-state index in [9.17, 15) is 4.79 Å². The maximum absolute atomic E-state index is 15.0. The molecule has 7 nitrogen and oxygen atoms in total. The van der Waals surface area contributed by atoms with Crippen molar-refractivity contribution >= 4 is 34.9 Å². The van der Waals surface area contributed by atoms with Crippen LogP contribution in [0.5, 0.6) is 0 Å². The Labute approximate surface area is 215 Å². The van der Waals surface area contributed by atoms with Crippen LogP contribution in [0.2, 0.25) is 0 Å². The maximum atomic E-state index is 15.0. The lowest BCUT2D eigenvalue weighted by atomic mass is 9.93. The molecule has 9 heteroatoms. The molecule has 0 spiro atoms. The van der Waals surface area contributed by atoms with E-state index >= 15 is 8.78 Å². The van der Waals surface area contributed by atoms with E-state index in [1.807, 2.05) is 24.1 Å². The Kier molecular flexibility index (Phi) is 7.93. The highest BCUT2D eigenvalue weighted by Crippen LogP contribution is 2.32. The van der Waals surface area contributed by atoms with Crippen LogP contribution < -0.4 is 15.5 Å². The maximum Gasteiger partial charge on any atom is 0.247 e. The van der Waals surface area contributed by atoms with Gasteiger partial charge in [-0.2, -0.15) is 0 Å². The number of halogens is 2. The first-order chi connectivity index (χ1) is 17.8. The minimum absolute atomic E-state index is 0.0269. The van der Waals surface area contributed by atoms with Gasteiger partial charge in [-0.1, -0.05) is 31.9 Å². The molecule has 0 radical (unpaired) electrons. The molecule has 0 saturated carbocycles. The molecule has 1 aliphatic heterocycles. The van der Waals surface area contributed by atoms with E-state index in [4.69, 9.17) is 0 Å². The van der Waals surface area contributed by atoms with E-state index in [1.165, 1.54) is 24.4 Å². The van der Waals surface area contributed by atoms with Crippen molar-refractivity contribution in [3.05, 3.63) is 90.5 Å². The summed E-state index contributed by atoms with van der Waals surface area (Å²) in [6, 6.07) is 2.65. The van der Waals surface area contributed by atoms with Crippen molar-refractivity contribution in [1.82, 2.24) is 20.2 Å². The van der Waals surface area contributed by atoms with Gasteiger partial charge in [-0.3, -0.25) is 4.79 Å². The Morgan fingerprint density at radius 1 is 1.14 bits per heavy atom. The number of nitrogens with one attached hydrogen (secondary N) is 2. The minimum Gasteiger partial charge on any atom is -0.369 e. The molecule has 4 rings (SSSR count). The van der Waals surface area contributed by atoms with E-state index in [1.54, 1.807) is 6.08 Å². The molecular weight excluding hydrogens is 474 g/mol. The van der Waals surface area contributed by atoms with E-state index in [2.05, 4.69) is 45.2 Å². The number of anilines is 3. The molecule has 2 aromatic rings. The highest BCUT2D eigenvalue weighted by atomic mass is 19.1. The fourth-order valence-corrected chi connectivity index (χ4v) is 4.25. The zero-order chi connectivity index (χ0) is 26.5. The van der Waals surface area contributed by atoms with Crippen LogP contribution in [0.1, 0.15) is 24.1 Å². The zero-order valence-corrected chi connectivity index (χ0v) is 20.9. The monoisotopic (exact) mass is 504 g/mol. The second kappa shape index (κ2) is 11.3. The lowest BCUT2D eigenvalue weighted by molar-refractivity contribution is -0.115. The molecule has 192 valence electrons. The van der Waals surface area contributed by atoms with Crippen LogP contribution >= 0.6 is 0 Å². The molecule has 1 aliphatic carbocycles. The number of piperazine rings is 1. The third-order valence-electron chi connectivity index (χ3n) is 6.40. The van der Waals surface area contributed by atoms with Gasteiger partial charge in [0.25, 0.3) is 0 Å². The van der Waals surface area contributed by atoms with E-state index in [0.29, 0.717) is 54.1 Å². The Morgan fingerprint density at radius 3 is 2.49 bits per heavy atom. The molecule has 1 aromatic heterocycles. The highest BCUT2D eigenvalue weighted by molar-refractivity contribution is 5.89. The van der Waals surface area contributed by atoms with Gasteiger partial charge in [0.2, 0.25) is 11.9 Å². The van der Waals surface area contributed by atoms with Crippen molar-refractivity contribution in [2.24, 2.45) is 0 Å². The van der Waals surface area contributed by atoms with Gasteiger partial charge in [0.15, 0.2) is 11.6 Å². The molecular formula is C28H30F2N6O. The van der Waals surface area contributed by atoms with Crippen molar-refractivity contribution in [3.8, 4) is 0 Å². The fraction of sp³-hybridized carbons (Fsp3) is 0.250. The quantitative estimate of drug-likeness (QED) is 0.503. The van der Waals surface area contributed by atoms with Crippen molar-refractivity contribution in [2.75, 3.05) is 43.4 Å². The second-order valence-electron chi connectivity index (χ2n) is 8.94. The van der Waals surface area contributed by atoms with Gasteiger partial charge < -0.3 is 20.4 Å². The van der Waals surface area contributed by atoms with Crippen molar-refractivity contribution < 1.29 is 13.6 Å².